The van der Waals surface area contributed by atoms with Crippen molar-refractivity contribution < 1.29 is 18.8 Å². The Labute approximate surface area is 153 Å². The Hall–Kier alpha value is -2.44. The van der Waals surface area contributed by atoms with Gasteiger partial charge in [0.2, 0.25) is 11.8 Å². The van der Waals surface area contributed by atoms with Crippen molar-refractivity contribution in [2.24, 2.45) is 5.92 Å². The average molecular weight is 363 g/mol. The van der Waals surface area contributed by atoms with E-state index in [2.05, 4.69) is 5.32 Å². The number of hydrogen-bond acceptors (Lipinski definition) is 4. The largest absolute Gasteiger partial charge is 0.366 e. The van der Waals surface area contributed by atoms with Crippen LogP contribution in [0.2, 0.25) is 0 Å². The minimum atomic E-state index is -0.550. The number of nitrogens with one attached hydrogen (secondary N) is 1. The van der Waals surface area contributed by atoms with Crippen molar-refractivity contribution in [2.45, 2.75) is 33.7 Å². The number of Topliss-reactive ketones (excluding diaryl/α,β-unsaturated/α-hetero) is 1. The van der Waals surface area contributed by atoms with Gasteiger partial charge in [-0.15, -0.1) is 0 Å². The number of hydrogen-bond donors (Lipinski definition) is 1. The summed E-state index contributed by atoms with van der Waals surface area (Å²) in [6, 6.07) is 3.92. The van der Waals surface area contributed by atoms with Gasteiger partial charge in [-0.2, -0.15) is 0 Å². The molecule has 6 nitrogen and oxygen atoms in total. The lowest BCUT2D eigenvalue weighted by atomic mass is 10.0. The van der Waals surface area contributed by atoms with E-state index in [-0.39, 0.29) is 23.5 Å². The molecule has 7 heteroatoms. The number of piperazine rings is 1. The summed E-state index contributed by atoms with van der Waals surface area (Å²) in [5, 5.41) is 2.71. The fraction of sp³-hybridized carbons (Fsp3) is 0.526. The van der Waals surface area contributed by atoms with Crippen molar-refractivity contribution in [3.8, 4) is 0 Å². The van der Waals surface area contributed by atoms with Crippen LogP contribution >= 0.6 is 0 Å². The van der Waals surface area contributed by atoms with Crippen LogP contribution in [0.15, 0.2) is 18.2 Å². The molecule has 1 N–H and O–H groups in total. The zero-order valence-corrected chi connectivity index (χ0v) is 15.7. The van der Waals surface area contributed by atoms with Gasteiger partial charge in [-0.25, -0.2) is 4.39 Å². The standard InChI is InChI=1S/C19H26FN3O3/c1-12(2)18(21-14(4)25)19(26)23-9-7-22(8-10-23)17-6-5-15(13(3)24)11-16(17)20/h5-6,11-12,18H,7-10H2,1-4H3,(H,21,25)/t18-/m0/s1. The van der Waals surface area contributed by atoms with Gasteiger partial charge in [0.1, 0.15) is 11.9 Å². The van der Waals surface area contributed by atoms with Gasteiger partial charge >= 0.3 is 0 Å². The maximum Gasteiger partial charge on any atom is 0.245 e. The highest BCUT2D eigenvalue weighted by atomic mass is 19.1. The Balaban J connectivity index is 2.03. The highest BCUT2D eigenvalue weighted by molar-refractivity contribution is 5.94. The minimum Gasteiger partial charge on any atom is -0.366 e. The number of benzene rings is 1. The molecule has 1 fully saturated rings. The van der Waals surface area contributed by atoms with E-state index >= 15 is 0 Å². The summed E-state index contributed by atoms with van der Waals surface area (Å²) in [5.74, 6) is -0.967. The monoisotopic (exact) mass is 363 g/mol. The SMILES string of the molecule is CC(=O)N[C@H](C(=O)N1CCN(c2ccc(C(C)=O)cc2F)CC1)C(C)C. The van der Waals surface area contributed by atoms with Crippen LogP contribution < -0.4 is 10.2 Å². The first kappa shape index (κ1) is 19.9. The van der Waals surface area contributed by atoms with Gasteiger partial charge < -0.3 is 15.1 Å². The lowest BCUT2D eigenvalue weighted by Gasteiger charge is -2.38. The molecule has 142 valence electrons. The summed E-state index contributed by atoms with van der Waals surface area (Å²) >= 11 is 0. The van der Waals surface area contributed by atoms with E-state index in [1.54, 1.807) is 17.0 Å². The highest BCUT2D eigenvalue weighted by Gasteiger charge is 2.30. The van der Waals surface area contributed by atoms with Crippen LogP contribution in [-0.2, 0) is 9.59 Å². The summed E-state index contributed by atoms with van der Waals surface area (Å²) in [7, 11) is 0. The third kappa shape index (κ3) is 4.59. The smallest absolute Gasteiger partial charge is 0.245 e. The second-order valence-electron chi connectivity index (χ2n) is 6.96. The number of nitrogens with zero attached hydrogens (tertiary/aromatic N) is 2. The molecule has 0 bridgehead atoms. The van der Waals surface area contributed by atoms with Crippen LogP contribution in [0.25, 0.3) is 0 Å². The second-order valence-corrected chi connectivity index (χ2v) is 6.96. The number of carbonyl (C=O) groups excluding carboxylic acids is 3. The van der Waals surface area contributed by atoms with E-state index in [1.165, 1.54) is 19.9 Å². The Bertz CT molecular complexity index is 697. The number of anilines is 1. The molecule has 1 aromatic carbocycles. The summed E-state index contributed by atoms with van der Waals surface area (Å²) in [6.07, 6.45) is 0. The highest BCUT2D eigenvalue weighted by Crippen LogP contribution is 2.22. The van der Waals surface area contributed by atoms with Gasteiger partial charge in [0.25, 0.3) is 0 Å². The van der Waals surface area contributed by atoms with Crippen LogP contribution in [-0.4, -0.2) is 54.7 Å². The predicted octanol–water partition coefficient (Wildman–Crippen LogP) is 1.84. The Morgan fingerprint density at radius 3 is 2.15 bits per heavy atom. The fourth-order valence-electron chi connectivity index (χ4n) is 3.08. The normalized spacial score (nSPS) is 15.8. The third-order valence-electron chi connectivity index (χ3n) is 4.58. The Morgan fingerprint density at radius 1 is 1.08 bits per heavy atom. The van der Waals surface area contributed by atoms with Crippen LogP contribution in [0.3, 0.4) is 0 Å². The van der Waals surface area contributed by atoms with Gasteiger partial charge in [-0.1, -0.05) is 13.8 Å². The molecule has 1 aliphatic heterocycles. The zero-order valence-electron chi connectivity index (χ0n) is 15.7. The fourth-order valence-corrected chi connectivity index (χ4v) is 3.08. The number of amides is 2. The predicted molar refractivity (Wildman–Crippen MR) is 97.6 cm³/mol. The van der Waals surface area contributed by atoms with Gasteiger partial charge in [0.05, 0.1) is 5.69 Å². The quantitative estimate of drug-likeness (QED) is 0.811. The molecule has 1 aliphatic rings. The molecule has 1 saturated heterocycles. The van der Waals surface area contributed by atoms with Crippen molar-refractivity contribution in [1.82, 2.24) is 10.2 Å². The van der Waals surface area contributed by atoms with Crippen LogP contribution in [0.5, 0.6) is 0 Å². The molecule has 0 radical (unpaired) electrons. The van der Waals surface area contributed by atoms with Crippen molar-refractivity contribution in [3.05, 3.63) is 29.6 Å². The Kier molecular flexibility index (Phi) is 6.34. The van der Waals surface area contributed by atoms with Gasteiger partial charge in [0, 0.05) is 38.7 Å². The zero-order chi connectivity index (χ0) is 19.4. The summed E-state index contributed by atoms with van der Waals surface area (Å²) in [6.45, 7) is 8.47. The van der Waals surface area contributed by atoms with Crippen molar-refractivity contribution >= 4 is 23.3 Å². The van der Waals surface area contributed by atoms with Gasteiger partial charge in [-0.05, 0) is 31.0 Å². The number of carbonyl (C=O) groups is 3. The first-order valence-electron chi connectivity index (χ1n) is 8.82. The number of rotatable bonds is 5. The molecule has 0 spiro atoms. The van der Waals surface area contributed by atoms with E-state index < -0.39 is 11.9 Å². The molecule has 0 unspecified atom stereocenters. The molecular weight excluding hydrogens is 337 g/mol. The van der Waals surface area contributed by atoms with E-state index in [0.717, 1.165) is 0 Å². The molecule has 1 aromatic rings. The Morgan fingerprint density at radius 2 is 1.69 bits per heavy atom. The summed E-state index contributed by atoms with van der Waals surface area (Å²) in [4.78, 5) is 38.9. The first-order chi connectivity index (χ1) is 12.2. The van der Waals surface area contributed by atoms with Crippen molar-refractivity contribution in [3.63, 3.8) is 0 Å². The van der Waals surface area contributed by atoms with Crippen LogP contribution in [0.1, 0.15) is 38.1 Å². The van der Waals surface area contributed by atoms with E-state index in [9.17, 15) is 18.8 Å². The molecular formula is C19H26FN3O3. The molecule has 2 amide bonds. The van der Waals surface area contributed by atoms with Crippen LogP contribution in [0.4, 0.5) is 10.1 Å². The van der Waals surface area contributed by atoms with Gasteiger partial charge in [0.15, 0.2) is 5.78 Å². The van der Waals surface area contributed by atoms with Gasteiger partial charge in [-0.3, -0.25) is 14.4 Å². The van der Waals surface area contributed by atoms with E-state index in [1.807, 2.05) is 18.7 Å². The number of halogens is 1. The first-order valence-corrected chi connectivity index (χ1v) is 8.82. The van der Waals surface area contributed by atoms with Crippen molar-refractivity contribution in [2.75, 3.05) is 31.1 Å². The maximum atomic E-state index is 14.3. The summed E-state index contributed by atoms with van der Waals surface area (Å²) in [5.41, 5.74) is 0.777. The average Bonchev–Trinajstić information content (AvgIpc) is 2.58. The lowest BCUT2D eigenvalue weighted by Crippen LogP contribution is -2.56. The molecule has 0 aliphatic carbocycles. The van der Waals surface area contributed by atoms with E-state index in [0.29, 0.717) is 37.4 Å². The lowest BCUT2D eigenvalue weighted by molar-refractivity contribution is -0.137. The van der Waals surface area contributed by atoms with Crippen molar-refractivity contribution in [1.29, 1.82) is 0 Å². The molecule has 1 atom stereocenters. The third-order valence-corrected chi connectivity index (χ3v) is 4.58. The molecule has 2 rings (SSSR count). The number of ketones is 1. The maximum absolute atomic E-state index is 14.3. The molecule has 1 heterocycles. The minimum absolute atomic E-state index is 0.0130. The summed E-state index contributed by atoms with van der Waals surface area (Å²) < 4.78 is 14.3. The van der Waals surface area contributed by atoms with E-state index in [4.69, 9.17) is 0 Å². The molecule has 0 saturated carbocycles. The topological polar surface area (TPSA) is 69.7 Å². The molecule has 26 heavy (non-hydrogen) atoms. The second kappa shape index (κ2) is 8.29. The molecule has 0 aromatic heterocycles. The van der Waals surface area contributed by atoms with Crippen LogP contribution in [0, 0.1) is 11.7 Å².